The number of aromatic nitrogens is 2. The summed E-state index contributed by atoms with van der Waals surface area (Å²) >= 11 is 0. The highest BCUT2D eigenvalue weighted by atomic mass is 16.7. The number of fused-ring (bicyclic) bond motifs is 1. The minimum atomic E-state index is -0.395. The number of hydrogen-bond acceptors (Lipinski definition) is 7. The Kier molecular flexibility index (Phi) is 4.25. The summed E-state index contributed by atoms with van der Waals surface area (Å²) in [6.45, 7) is 0.165. The third-order valence-corrected chi connectivity index (χ3v) is 3.84. The highest BCUT2D eigenvalue weighted by Crippen LogP contribution is 2.34. The van der Waals surface area contributed by atoms with Crippen molar-refractivity contribution in [3.63, 3.8) is 0 Å². The lowest BCUT2D eigenvalue weighted by Gasteiger charge is -2.09. The summed E-state index contributed by atoms with van der Waals surface area (Å²) in [7, 11) is 0. The van der Waals surface area contributed by atoms with Gasteiger partial charge >= 0.3 is 0 Å². The Morgan fingerprint density at radius 1 is 1.07 bits per heavy atom. The second-order valence-electron chi connectivity index (χ2n) is 5.59. The number of hydrogen-bond donors (Lipinski definition) is 2. The smallest absolute Gasteiger partial charge is 0.274 e. The lowest BCUT2D eigenvalue weighted by atomic mass is 10.2. The van der Waals surface area contributed by atoms with Crippen LogP contribution >= 0.6 is 0 Å². The summed E-state index contributed by atoms with van der Waals surface area (Å²) in [6, 6.07) is 15.8. The van der Waals surface area contributed by atoms with Gasteiger partial charge in [-0.1, -0.05) is 12.1 Å². The quantitative estimate of drug-likeness (QED) is 0.737. The van der Waals surface area contributed by atoms with Gasteiger partial charge in [-0.05, 0) is 24.3 Å². The predicted molar refractivity (Wildman–Crippen MR) is 97.0 cm³/mol. The van der Waals surface area contributed by atoms with E-state index in [9.17, 15) is 4.79 Å². The van der Waals surface area contributed by atoms with Crippen LogP contribution in [0.4, 0.5) is 17.2 Å². The third kappa shape index (κ3) is 3.48. The zero-order chi connectivity index (χ0) is 18.6. The van der Waals surface area contributed by atoms with E-state index >= 15 is 0 Å². The van der Waals surface area contributed by atoms with E-state index < -0.39 is 5.91 Å². The molecule has 0 saturated heterocycles. The largest absolute Gasteiger partial charge is 0.454 e. The van der Waals surface area contributed by atoms with Crippen molar-refractivity contribution < 1.29 is 14.3 Å². The average molecular weight is 359 g/mol. The molecule has 0 atom stereocenters. The van der Waals surface area contributed by atoms with Crippen molar-refractivity contribution in [3.8, 4) is 17.6 Å². The molecule has 4 rings (SSSR count). The molecule has 3 aromatic rings. The van der Waals surface area contributed by atoms with E-state index in [1.54, 1.807) is 42.5 Å². The lowest BCUT2D eigenvalue weighted by molar-refractivity contribution is 0.102. The molecule has 2 heterocycles. The van der Waals surface area contributed by atoms with E-state index in [1.165, 1.54) is 12.4 Å². The zero-order valence-corrected chi connectivity index (χ0v) is 14.0. The van der Waals surface area contributed by atoms with Gasteiger partial charge in [0.25, 0.3) is 5.91 Å². The number of carbonyl (C=O) groups excluding carboxylic acids is 1. The van der Waals surface area contributed by atoms with Gasteiger partial charge in [0.15, 0.2) is 11.5 Å². The molecule has 1 aliphatic rings. The average Bonchev–Trinajstić information content (AvgIpc) is 3.16. The third-order valence-electron chi connectivity index (χ3n) is 3.84. The van der Waals surface area contributed by atoms with Crippen LogP contribution in [0.25, 0.3) is 0 Å². The van der Waals surface area contributed by atoms with Crippen LogP contribution in [0.15, 0.2) is 54.9 Å². The topological polar surface area (TPSA) is 109 Å². The molecule has 8 nitrogen and oxygen atoms in total. The first-order chi connectivity index (χ1) is 13.2. The second kappa shape index (κ2) is 7.01. The Morgan fingerprint density at radius 2 is 1.93 bits per heavy atom. The molecule has 2 N–H and O–H groups in total. The first-order valence-electron chi connectivity index (χ1n) is 8.02. The molecule has 1 aromatic heterocycles. The number of carbonyl (C=O) groups is 1. The van der Waals surface area contributed by atoms with E-state index in [-0.39, 0.29) is 12.5 Å². The van der Waals surface area contributed by atoms with E-state index in [0.717, 1.165) is 0 Å². The van der Waals surface area contributed by atoms with Crippen molar-refractivity contribution >= 4 is 23.1 Å². The molecule has 27 heavy (non-hydrogen) atoms. The van der Waals surface area contributed by atoms with Crippen LogP contribution in [0.3, 0.4) is 0 Å². The van der Waals surface area contributed by atoms with Crippen LogP contribution in [0.1, 0.15) is 16.1 Å². The molecular formula is C19H13N5O3. The Labute approximate surface area is 154 Å². The number of benzene rings is 2. The molecule has 132 valence electrons. The molecular weight excluding hydrogens is 346 g/mol. The summed E-state index contributed by atoms with van der Waals surface area (Å²) in [6.07, 6.45) is 1.28. The Balaban J connectivity index is 1.52. The fourth-order valence-electron chi connectivity index (χ4n) is 2.55. The summed E-state index contributed by atoms with van der Waals surface area (Å²) in [4.78, 5) is 20.6. The van der Waals surface area contributed by atoms with Gasteiger partial charge in [-0.2, -0.15) is 5.26 Å². The number of ether oxygens (including phenoxy) is 2. The van der Waals surface area contributed by atoms with Crippen molar-refractivity contribution in [2.24, 2.45) is 0 Å². The van der Waals surface area contributed by atoms with Gasteiger partial charge in [-0.15, -0.1) is 0 Å². The lowest BCUT2D eigenvalue weighted by Crippen LogP contribution is -2.14. The zero-order valence-electron chi connectivity index (χ0n) is 14.0. The Hall–Kier alpha value is -4.12. The number of para-hydroxylation sites is 1. The summed E-state index contributed by atoms with van der Waals surface area (Å²) in [5, 5.41) is 14.9. The van der Waals surface area contributed by atoms with Crippen LogP contribution < -0.4 is 20.1 Å². The molecule has 0 fully saturated rings. The fraction of sp³-hybridized carbons (Fsp3) is 0.0526. The van der Waals surface area contributed by atoms with E-state index in [4.69, 9.17) is 14.7 Å². The maximum Gasteiger partial charge on any atom is 0.274 e. The highest BCUT2D eigenvalue weighted by molar-refractivity contribution is 6.03. The van der Waals surface area contributed by atoms with E-state index in [1.807, 2.05) is 0 Å². The van der Waals surface area contributed by atoms with Crippen molar-refractivity contribution in [2.45, 2.75) is 0 Å². The van der Waals surface area contributed by atoms with Crippen molar-refractivity contribution in [3.05, 3.63) is 66.1 Å². The molecule has 0 bridgehead atoms. The van der Waals surface area contributed by atoms with Gasteiger partial charge < -0.3 is 20.1 Å². The molecule has 0 saturated carbocycles. The molecule has 1 aliphatic heterocycles. The van der Waals surface area contributed by atoms with E-state index in [2.05, 4.69) is 26.7 Å². The minimum absolute atomic E-state index is 0.165. The van der Waals surface area contributed by atoms with Crippen LogP contribution in [-0.2, 0) is 0 Å². The van der Waals surface area contributed by atoms with Crippen molar-refractivity contribution in [1.29, 1.82) is 5.26 Å². The summed E-state index contributed by atoms with van der Waals surface area (Å²) in [5.41, 5.74) is 1.81. The van der Waals surface area contributed by atoms with Gasteiger partial charge in [0.05, 0.1) is 11.3 Å². The van der Waals surface area contributed by atoms with Crippen LogP contribution in [0, 0.1) is 11.3 Å². The predicted octanol–water partition coefficient (Wildman–Crippen LogP) is 3.07. The molecule has 8 heteroatoms. The van der Waals surface area contributed by atoms with E-state index in [0.29, 0.717) is 34.3 Å². The van der Waals surface area contributed by atoms with Gasteiger partial charge in [-0.3, -0.25) is 4.79 Å². The van der Waals surface area contributed by atoms with Crippen molar-refractivity contribution in [2.75, 3.05) is 17.4 Å². The number of rotatable bonds is 4. The van der Waals surface area contributed by atoms with Gasteiger partial charge in [-0.25, -0.2) is 9.97 Å². The first-order valence-corrected chi connectivity index (χ1v) is 8.02. The first kappa shape index (κ1) is 16.4. The van der Waals surface area contributed by atoms with Crippen LogP contribution in [0.2, 0.25) is 0 Å². The number of amides is 1. The van der Waals surface area contributed by atoms with Crippen molar-refractivity contribution in [1.82, 2.24) is 9.97 Å². The molecule has 2 aromatic carbocycles. The van der Waals surface area contributed by atoms with Gasteiger partial charge in [0, 0.05) is 17.8 Å². The summed E-state index contributed by atoms with van der Waals surface area (Å²) < 4.78 is 10.5. The number of anilines is 3. The molecule has 0 aliphatic carbocycles. The highest BCUT2D eigenvalue weighted by Gasteiger charge is 2.15. The Morgan fingerprint density at radius 3 is 2.81 bits per heavy atom. The number of nitrogens with one attached hydrogen (secondary N) is 2. The number of nitriles is 1. The second-order valence-corrected chi connectivity index (χ2v) is 5.59. The Bertz CT molecular complexity index is 1060. The fourth-order valence-corrected chi connectivity index (χ4v) is 2.55. The van der Waals surface area contributed by atoms with Gasteiger partial charge in [0.2, 0.25) is 6.79 Å². The van der Waals surface area contributed by atoms with Gasteiger partial charge in [0.1, 0.15) is 23.9 Å². The molecule has 0 unspecified atom stereocenters. The molecule has 0 radical (unpaired) electrons. The standard InChI is InChI=1S/C19H13N5O3/c20-9-12-3-1-2-4-14(12)24-18-8-15(21-10-22-18)19(25)23-13-5-6-16-17(7-13)27-11-26-16/h1-8,10H,11H2,(H,23,25)(H,21,22,24). The number of nitrogens with zero attached hydrogens (tertiary/aromatic N) is 3. The maximum atomic E-state index is 12.5. The van der Waals surface area contributed by atoms with Crippen LogP contribution in [0.5, 0.6) is 11.5 Å². The minimum Gasteiger partial charge on any atom is -0.454 e. The maximum absolute atomic E-state index is 12.5. The van der Waals surface area contributed by atoms with Crippen LogP contribution in [-0.4, -0.2) is 22.7 Å². The molecule has 0 spiro atoms. The molecule has 1 amide bonds. The normalized spacial score (nSPS) is 11.5. The summed E-state index contributed by atoms with van der Waals surface area (Å²) in [5.74, 6) is 1.22. The SMILES string of the molecule is N#Cc1ccccc1Nc1cc(C(=O)Nc2ccc3c(c2)OCO3)ncn1. The monoisotopic (exact) mass is 359 g/mol.